The highest BCUT2D eigenvalue weighted by Gasteiger charge is 2.32. The van der Waals surface area contributed by atoms with Gasteiger partial charge in [-0.15, -0.1) is 11.3 Å². The number of carbonyl (C=O) groups excluding carboxylic acids is 1. The Bertz CT molecular complexity index is 1140. The van der Waals surface area contributed by atoms with E-state index in [1.54, 1.807) is 17.5 Å². The van der Waals surface area contributed by atoms with Gasteiger partial charge in [0.1, 0.15) is 9.77 Å². The molecule has 1 amide bonds. The summed E-state index contributed by atoms with van der Waals surface area (Å²) in [6.45, 7) is 0.691. The number of sulfonamides is 1. The van der Waals surface area contributed by atoms with Crippen molar-refractivity contribution in [3.05, 3.63) is 70.0 Å². The van der Waals surface area contributed by atoms with Crippen LogP contribution in [0.3, 0.4) is 0 Å². The summed E-state index contributed by atoms with van der Waals surface area (Å²) < 4.78 is 32.9. The molecule has 0 aliphatic carbocycles. The third-order valence-corrected chi connectivity index (χ3v) is 7.68. The van der Waals surface area contributed by atoms with Crippen LogP contribution in [0.2, 0.25) is 0 Å². The summed E-state index contributed by atoms with van der Waals surface area (Å²) in [7, 11) is -2.29. The number of fused-ring (bicyclic) bond motifs is 1. The highest BCUT2D eigenvalue weighted by atomic mass is 32.2. The van der Waals surface area contributed by atoms with Crippen molar-refractivity contribution < 1.29 is 17.9 Å². The van der Waals surface area contributed by atoms with Crippen molar-refractivity contribution >= 4 is 33.0 Å². The van der Waals surface area contributed by atoms with Crippen LogP contribution in [-0.2, 0) is 23.0 Å². The summed E-state index contributed by atoms with van der Waals surface area (Å²) >= 11 is 1.10. The zero-order valence-corrected chi connectivity index (χ0v) is 17.3. The number of thiophene rings is 1. The van der Waals surface area contributed by atoms with Gasteiger partial charge in [-0.2, -0.15) is 4.31 Å². The molecular weight excluding hydrogens is 410 g/mol. The lowest BCUT2D eigenvalue weighted by molar-refractivity contribution is 0.102. The van der Waals surface area contributed by atoms with Gasteiger partial charge in [-0.05, 0) is 35.1 Å². The topological polar surface area (TPSA) is 88.6 Å². The van der Waals surface area contributed by atoms with E-state index in [1.807, 2.05) is 24.3 Å². The second kappa shape index (κ2) is 7.94. The fourth-order valence-electron chi connectivity index (χ4n) is 3.24. The summed E-state index contributed by atoms with van der Waals surface area (Å²) in [5.74, 6) is -0.0595. The number of hydrogen-bond donors (Lipinski definition) is 1. The number of rotatable bonds is 5. The molecule has 1 aliphatic rings. The SMILES string of the molecule is COc1ccc(NC(=O)c2sccc2S(=O)(=O)N2CCc3ccccc3C2)cn1. The Morgan fingerprint density at radius 2 is 1.97 bits per heavy atom. The fourth-order valence-corrected chi connectivity index (χ4v) is 5.96. The van der Waals surface area contributed by atoms with E-state index in [0.717, 1.165) is 22.5 Å². The molecule has 0 unspecified atom stereocenters. The van der Waals surface area contributed by atoms with E-state index in [2.05, 4.69) is 10.3 Å². The Hall–Kier alpha value is -2.75. The number of carbonyl (C=O) groups is 1. The van der Waals surface area contributed by atoms with Crippen molar-refractivity contribution in [1.82, 2.24) is 9.29 Å². The number of nitrogens with zero attached hydrogens (tertiary/aromatic N) is 2. The van der Waals surface area contributed by atoms with Gasteiger partial charge in [0.25, 0.3) is 5.91 Å². The van der Waals surface area contributed by atoms with Crippen LogP contribution in [0.4, 0.5) is 5.69 Å². The van der Waals surface area contributed by atoms with Crippen LogP contribution in [0.5, 0.6) is 5.88 Å². The first-order valence-corrected chi connectivity index (χ1v) is 11.3. The van der Waals surface area contributed by atoms with Crippen LogP contribution in [0.15, 0.2) is 58.9 Å². The maximum Gasteiger partial charge on any atom is 0.267 e. The van der Waals surface area contributed by atoms with Crippen molar-refractivity contribution in [1.29, 1.82) is 0 Å². The van der Waals surface area contributed by atoms with E-state index in [1.165, 1.54) is 23.7 Å². The standard InChI is InChI=1S/C20H19N3O4S2/c1-27-18-7-6-16(12-21-18)22-20(24)19-17(9-11-28-19)29(25,26)23-10-8-14-4-2-3-5-15(14)13-23/h2-7,9,11-12H,8,10,13H2,1H3,(H,22,24). The fraction of sp³-hybridized carbons (Fsp3) is 0.200. The van der Waals surface area contributed by atoms with Crippen molar-refractivity contribution in [3.8, 4) is 5.88 Å². The monoisotopic (exact) mass is 429 g/mol. The smallest absolute Gasteiger partial charge is 0.267 e. The quantitative estimate of drug-likeness (QED) is 0.673. The molecule has 3 heterocycles. The number of amides is 1. The largest absolute Gasteiger partial charge is 0.481 e. The zero-order chi connectivity index (χ0) is 20.4. The minimum Gasteiger partial charge on any atom is -0.481 e. The van der Waals surface area contributed by atoms with Gasteiger partial charge in [-0.3, -0.25) is 4.79 Å². The van der Waals surface area contributed by atoms with Gasteiger partial charge >= 0.3 is 0 Å². The van der Waals surface area contributed by atoms with E-state index >= 15 is 0 Å². The van der Waals surface area contributed by atoms with Gasteiger partial charge in [0, 0.05) is 19.2 Å². The maximum absolute atomic E-state index is 13.2. The number of anilines is 1. The van der Waals surface area contributed by atoms with Gasteiger partial charge in [0.15, 0.2) is 0 Å². The summed E-state index contributed by atoms with van der Waals surface area (Å²) in [6, 6.07) is 12.6. The highest BCUT2D eigenvalue weighted by Crippen LogP contribution is 2.30. The molecule has 0 spiro atoms. The highest BCUT2D eigenvalue weighted by molar-refractivity contribution is 7.89. The molecule has 0 radical (unpaired) electrons. The number of aromatic nitrogens is 1. The van der Waals surface area contributed by atoms with Crippen LogP contribution in [-0.4, -0.2) is 37.3 Å². The Labute approximate surface area is 173 Å². The predicted octanol–water partition coefficient (Wildman–Crippen LogP) is 3.15. The van der Waals surface area contributed by atoms with Crippen LogP contribution in [0, 0.1) is 0 Å². The van der Waals surface area contributed by atoms with Crippen LogP contribution < -0.4 is 10.1 Å². The average Bonchev–Trinajstić information content (AvgIpc) is 3.25. The molecule has 150 valence electrons. The molecule has 3 aromatic rings. The first-order valence-electron chi connectivity index (χ1n) is 8.95. The molecule has 29 heavy (non-hydrogen) atoms. The van der Waals surface area contributed by atoms with Gasteiger partial charge < -0.3 is 10.1 Å². The minimum atomic E-state index is -3.79. The average molecular weight is 430 g/mol. The predicted molar refractivity (Wildman–Crippen MR) is 111 cm³/mol. The summed E-state index contributed by atoms with van der Waals surface area (Å²) in [6.07, 6.45) is 2.11. The number of nitrogens with one attached hydrogen (secondary N) is 1. The van der Waals surface area contributed by atoms with Crippen LogP contribution >= 0.6 is 11.3 Å². The van der Waals surface area contributed by atoms with E-state index in [-0.39, 0.29) is 9.77 Å². The number of pyridine rings is 1. The summed E-state index contributed by atoms with van der Waals surface area (Å²) in [4.78, 5) is 17.0. The molecule has 0 saturated heterocycles. The second-order valence-corrected chi connectivity index (χ2v) is 9.34. The molecule has 2 aromatic heterocycles. The number of ether oxygens (including phenoxy) is 1. The second-order valence-electron chi connectivity index (χ2n) is 6.51. The maximum atomic E-state index is 13.2. The Morgan fingerprint density at radius 3 is 2.69 bits per heavy atom. The summed E-state index contributed by atoms with van der Waals surface area (Å²) in [5.41, 5.74) is 2.61. The number of methoxy groups -OCH3 is 1. The molecule has 0 atom stereocenters. The lowest BCUT2D eigenvalue weighted by Gasteiger charge is -2.28. The normalized spacial score (nSPS) is 14.2. The molecule has 7 nitrogen and oxygen atoms in total. The van der Waals surface area contributed by atoms with Crippen LogP contribution in [0.25, 0.3) is 0 Å². The Kier molecular flexibility index (Phi) is 5.35. The molecule has 0 bridgehead atoms. The lowest BCUT2D eigenvalue weighted by Crippen LogP contribution is -2.36. The van der Waals surface area contributed by atoms with E-state index in [9.17, 15) is 13.2 Å². The summed E-state index contributed by atoms with van der Waals surface area (Å²) in [5, 5.41) is 4.31. The zero-order valence-electron chi connectivity index (χ0n) is 15.7. The van der Waals surface area contributed by atoms with Crippen molar-refractivity contribution in [2.24, 2.45) is 0 Å². The van der Waals surface area contributed by atoms with E-state index in [0.29, 0.717) is 31.1 Å². The Morgan fingerprint density at radius 1 is 1.17 bits per heavy atom. The molecule has 1 aromatic carbocycles. The molecule has 0 saturated carbocycles. The molecule has 1 aliphatic heterocycles. The van der Waals surface area contributed by atoms with E-state index < -0.39 is 15.9 Å². The van der Waals surface area contributed by atoms with Gasteiger partial charge in [0.05, 0.1) is 19.0 Å². The van der Waals surface area contributed by atoms with Gasteiger partial charge in [-0.25, -0.2) is 13.4 Å². The van der Waals surface area contributed by atoms with E-state index in [4.69, 9.17) is 4.74 Å². The number of hydrogen-bond acceptors (Lipinski definition) is 6. The molecule has 0 fully saturated rings. The first-order chi connectivity index (χ1) is 14.0. The lowest BCUT2D eigenvalue weighted by atomic mass is 10.0. The first kappa shape index (κ1) is 19.6. The molecule has 1 N–H and O–H groups in total. The Balaban J connectivity index is 1.57. The van der Waals surface area contributed by atoms with Gasteiger partial charge in [-0.1, -0.05) is 24.3 Å². The molecule has 4 rings (SSSR count). The molecule has 9 heteroatoms. The van der Waals surface area contributed by atoms with Crippen molar-refractivity contribution in [2.75, 3.05) is 19.0 Å². The third-order valence-electron chi connectivity index (χ3n) is 4.75. The molecular formula is C20H19N3O4S2. The van der Waals surface area contributed by atoms with Gasteiger partial charge in [0.2, 0.25) is 15.9 Å². The minimum absolute atomic E-state index is 0.0286. The van der Waals surface area contributed by atoms with Crippen molar-refractivity contribution in [2.45, 2.75) is 17.9 Å². The number of benzene rings is 1. The van der Waals surface area contributed by atoms with Crippen LogP contribution in [0.1, 0.15) is 20.8 Å². The third kappa shape index (κ3) is 3.89. The van der Waals surface area contributed by atoms with Crippen molar-refractivity contribution in [3.63, 3.8) is 0 Å².